The minimum Gasteiger partial charge on any atom is -0.756 e. The van der Waals surface area contributed by atoms with Crippen LogP contribution in [0.3, 0.4) is 0 Å². The van der Waals surface area contributed by atoms with Crippen LogP contribution in [0.4, 0.5) is 0 Å². The predicted octanol–water partition coefficient (Wildman–Crippen LogP) is 8.19. The van der Waals surface area contributed by atoms with Gasteiger partial charge in [-0.3, -0.25) is 14.2 Å². The summed E-state index contributed by atoms with van der Waals surface area (Å²) in [5.41, 5.74) is 0. The number of allylic oxidation sites excluding steroid dienone is 6. The standard InChI is InChI=1S/C44H80NO11P/c1-6-8-10-11-12-13-14-15-16-17-18-23-27-33-43(49)53-37-40(38-55-57(51,52)54-36-35-45(3,4)5)56-44(50)34-28-32-42(48)41(47)31-26-22-20-19-21-25-30-39(46)29-24-9-7-2/h19-22,25-26,30-31,39-42,46-48H,6-18,23-24,27-29,32-38H2,1-5H3/b21-19-,22-20+,30-25+,31-26+/t39-,40+,41-,42-/m0/s1. The van der Waals surface area contributed by atoms with Crippen molar-refractivity contribution in [2.24, 2.45) is 0 Å². The fourth-order valence-electron chi connectivity index (χ4n) is 5.63. The Morgan fingerprint density at radius 3 is 1.72 bits per heavy atom. The number of quaternary nitrogens is 1. The van der Waals surface area contributed by atoms with Crippen molar-refractivity contribution in [3.05, 3.63) is 48.6 Å². The highest BCUT2D eigenvalue weighted by Gasteiger charge is 2.22. The number of rotatable bonds is 38. The molecule has 13 heteroatoms. The van der Waals surface area contributed by atoms with Gasteiger partial charge in [0, 0.05) is 12.8 Å². The van der Waals surface area contributed by atoms with Crippen LogP contribution in [-0.2, 0) is 32.7 Å². The second-order valence-corrected chi connectivity index (χ2v) is 17.3. The van der Waals surface area contributed by atoms with Crippen LogP contribution in [0.25, 0.3) is 0 Å². The lowest BCUT2D eigenvalue weighted by Gasteiger charge is -2.28. The van der Waals surface area contributed by atoms with Crippen LogP contribution < -0.4 is 4.89 Å². The van der Waals surface area contributed by atoms with Crippen molar-refractivity contribution in [1.29, 1.82) is 0 Å². The van der Waals surface area contributed by atoms with E-state index in [-0.39, 0.29) is 38.9 Å². The molecule has 0 spiro atoms. The number of phosphoric ester groups is 1. The van der Waals surface area contributed by atoms with Gasteiger partial charge in [0.15, 0.2) is 6.10 Å². The molecule has 5 atom stereocenters. The van der Waals surface area contributed by atoms with Gasteiger partial charge < -0.3 is 43.2 Å². The highest BCUT2D eigenvalue weighted by Crippen LogP contribution is 2.38. The average Bonchev–Trinajstić information content (AvgIpc) is 3.15. The van der Waals surface area contributed by atoms with Crippen molar-refractivity contribution in [2.45, 2.75) is 173 Å². The van der Waals surface area contributed by atoms with E-state index in [2.05, 4.69) is 13.8 Å². The highest BCUT2D eigenvalue weighted by molar-refractivity contribution is 7.45. The molecule has 57 heavy (non-hydrogen) atoms. The first kappa shape index (κ1) is 54.9. The summed E-state index contributed by atoms with van der Waals surface area (Å²) in [5, 5.41) is 30.5. The summed E-state index contributed by atoms with van der Waals surface area (Å²) in [6.45, 7) is 3.70. The molecular weight excluding hydrogens is 749 g/mol. The van der Waals surface area contributed by atoms with Crippen LogP contribution in [0.2, 0.25) is 0 Å². The smallest absolute Gasteiger partial charge is 0.306 e. The molecule has 12 nitrogen and oxygen atoms in total. The van der Waals surface area contributed by atoms with Gasteiger partial charge in [0.2, 0.25) is 0 Å². The second-order valence-electron chi connectivity index (χ2n) is 15.9. The number of aliphatic hydroxyl groups excluding tert-OH is 3. The van der Waals surface area contributed by atoms with Crippen molar-refractivity contribution in [3.63, 3.8) is 0 Å². The van der Waals surface area contributed by atoms with Crippen LogP contribution in [0.1, 0.15) is 149 Å². The molecule has 0 aromatic carbocycles. The normalized spacial score (nSPS) is 15.7. The summed E-state index contributed by atoms with van der Waals surface area (Å²) in [6, 6.07) is 0. The van der Waals surface area contributed by atoms with E-state index in [0.717, 1.165) is 44.9 Å². The number of esters is 2. The van der Waals surface area contributed by atoms with Crippen molar-refractivity contribution < 1.29 is 57.4 Å². The molecule has 332 valence electrons. The summed E-state index contributed by atoms with van der Waals surface area (Å²) < 4.78 is 33.6. The van der Waals surface area contributed by atoms with Crippen LogP contribution in [0.5, 0.6) is 0 Å². The van der Waals surface area contributed by atoms with Gasteiger partial charge in [0.05, 0.1) is 46.1 Å². The number of unbranched alkanes of at least 4 members (excludes halogenated alkanes) is 14. The number of phosphoric acid groups is 1. The summed E-state index contributed by atoms with van der Waals surface area (Å²) >= 11 is 0. The van der Waals surface area contributed by atoms with Gasteiger partial charge in [-0.2, -0.15) is 0 Å². The van der Waals surface area contributed by atoms with E-state index in [9.17, 15) is 34.4 Å². The topological polar surface area (TPSA) is 172 Å². The molecule has 0 aliphatic rings. The van der Waals surface area contributed by atoms with Crippen LogP contribution in [0.15, 0.2) is 48.6 Å². The number of ether oxygens (including phenoxy) is 2. The van der Waals surface area contributed by atoms with Crippen molar-refractivity contribution in [1.82, 2.24) is 0 Å². The third kappa shape index (κ3) is 37.8. The molecule has 0 bridgehead atoms. The number of likely N-dealkylation sites (N-methyl/N-ethyl adjacent to an activating group) is 1. The maximum Gasteiger partial charge on any atom is 0.306 e. The SMILES string of the molecule is CCCCCCCCCCCCCCCC(=O)OC[C@H](COP(=O)([O-])OCC[N+](C)(C)C)OC(=O)CCC[C@H](O)[C@@H](O)/C=C/C=C/C=C\C=C\[C@@H](O)CCCCC. The Morgan fingerprint density at radius 1 is 0.632 bits per heavy atom. The van der Waals surface area contributed by atoms with Gasteiger partial charge in [-0.05, 0) is 25.7 Å². The van der Waals surface area contributed by atoms with E-state index in [0.29, 0.717) is 17.4 Å². The van der Waals surface area contributed by atoms with E-state index < -0.39 is 50.8 Å². The fraction of sp³-hybridized carbons (Fsp3) is 0.773. The van der Waals surface area contributed by atoms with Crippen molar-refractivity contribution >= 4 is 19.8 Å². The van der Waals surface area contributed by atoms with Crippen LogP contribution in [-0.4, -0.2) is 104 Å². The molecule has 3 N–H and O–H groups in total. The molecule has 0 aromatic heterocycles. The average molecular weight is 830 g/mol. The fourth-order valence-corrected chi connectivity index (χ4v) is 6.35. The first-order valence-corrected chi connectivity index (χ1v) is 23.1. The second kappa shape index (κ2) is 35.8. The van der Waals surface area contributed by atoms with E-state index in [1.54, 1.807) is 42.5 Å². The first-order valence-electron chi connectivity index (χ1n) is 21.7. The number of carbonyl (C=O) groups is 2. The largest absolute Gasteiger partial charge is 0.756 e. The molecule has 0 amide bonds. The summed E-state index contributed by atoms with van der Waals surface area (Å²) in [5.74, 6) is -1.16. The molecule has 0 heterocycles. The zero-order valence-corrected chi connectivity index (χ0v) is 37.0. The number of hydrogen-bond acceptors (Lipinski definition) is 11. The van der Waals surface area contributed by atoms with Gasteiger partial charge >= 0.3 is 11.9 Å². The molecule has 0 saturated heterocycles. The van der Waals surface area contributed by atoms with E-state index in [4.69, 9.17) is 18.5 Å². The monoisotopic (exact) mass is 830 g/mol. The van der Waals surface area contributed by atoms with Gasteiger partial charge in [0.1, 0.15) is 19.8 Å². The molecule has 0 aromatic rings. The van der Waals surface area contributed by atoms with Gasteiger partial charge in [-0.25, -0.2) is 0 Å². The Bertz CT molecular complexity index is 1170. The van der Waals surface area contributed by atoms with Gasteiger partial charge in [-0.15, -0.1) is 0 Å². The Labute approximate surface area is 345 Å². The Hall–Kier alpha value is -2.15. The first-order chi connectivity index (χ1) is 27.2. The molecule has 0 saturated carbocycles. The van der Waals surface area contributed by atoms with E-state index in [1.807, 2.05) is 21.1 Å². The molecule has 1 unspecified atom stereocenters. The minimum atomic E-state index is -4.72. The number of carbonyl (C=O) groups excluding carboxylic acids is 2. The Morgan fingerprint density at radius 2 is 1.14 bits per heavy atom. The molecule has 0 aliphatic heterocycles. The number of hydrogen-bond donors (Lipinski definition) is 3. The van der Waals surface area contributed by atoms with E-state index >= 15 is 0 Å². The summed E-state index contributed by atoms with van der Waals surface area (Å²) in [6.07, 6.45) is 29.3. The Kier molecular flexibility index (Phi) is 34.4. The third-order valence-corrected chi connectivity index (χ3v) is 10.2. The van der Waals surface area contributed by atoms with Crippen LogP contribution >= 0.6 is 7.82 Å². The lowest BCUT2D eigenvalue weighted by molar-refractivity contribution is -0.870. The summed E-state index contributed by atoms with van der Waals surface area (Å²) in [4.78, 5) is 37.5. The number of aliphatic hydroxyl groups is 3. The summed E-state index contributed by atoms with van der Waals surface area (Å²) in [7, 11) is 0.946. The molecule has 0 fully saturated rings. The van der Waals surface area contributed by atoms with Crippen LogP contribution in [0, 0.1) is 0 Å². The lowest BCUT2D eigenvalue weighted by atomic mass is 10.0. The predicted molar refractivity (Wildman–Crippen MR) is 226 cm³/mol. The molecular formula is C44H80NO11P. The zero-order chi connectivity index (χ0) is 42.6. The molecule has 0 rings (SSSR count). The third-order valence-electron chi connectivity index (χ3n) is 9.22. The lowest BCUT2D eigenvalue weighted by Crippen LogP contribution is -2.37. The number of nitrogens with zero attached hydrogens (tertiary/aromatic N) is 1. The highest BCUT2D eigenvalue weighted by atomic mass is 31.2. The molecule has 0 aliphatic carbocycles. The minimum absolute atomic E-state index is 0.0950. The Balaban J connectivity index is 4.73. The molecule has 0 radical (unpaired) electrons. The van der Waals surface area contributed by atoms with Gasteiger partial charge in [-0.1, -0.05) is 159 Å². The van der Waals surface area contributed by atoms with Crippen molar-refractivity contribution in [3.8, 4) is 0 Å². The maximum absolute atomic E-state index is 12.7. The maximum atomic E-state index is 12.7. The van der Waals surface area contributed by atoms with E-state index in [1.165, 1.54) is 63.9 Å². The quantitative estimate of drug-likeness (QED) is 0.0180. The van der Waals surface area contributed by atoms with Gasteiger partial charge in [0.25, 0.3) is 7.82 Å². The van der Waals surface area contributed by atoms with Crippen molar-refractivity contribution in [2.75, 3.05) is 47.5 Å². The zero-order valence-electron chi connectivity index (χ0n) is 36.1.